The molecule has 0 saturated heterocycles. The Labute approximate surface area is 99.1 Å². The quantitative estimate of drug-likeness (QED) is 0.822. The summed E-state index contributed by atoms with van der Waals surface area (Å²) in [6.07, 6.45) is -0.0455. The van der Waals surface area contributed by atoms with E-state index in [-0.39, 0.29) is 17.9 Å². The van der Waals surface area contributed by atoms with Gasteiger partial charge in [-0.2, -0.15) is 0 Å². The van der Waals surface area contributed by atoms with Crippen LogP contribution in [0.25, 0.3) is 0 Å². The summed E-state index contributed by atoms with van der Waals surface area (Å²) in [7, 11) is 0. The Morgan fingerprint density at radius 3 is 2.88 bits per heavy atom. The van der Waals surface area contributed by atoms with Crippen LogP contribution in [0.15, 0.2) is 10.9 Å². The van der Waals surface area contributed by atoms with Gasteiger partial charge in [-0.3, -0.25) is 14.2 Å². The van der Waals surface area contributed by atoms with Crippen LogP contribution in [0, 0.1) is 0 Å². The van der Waals surface area contributed by atoms with Crippen LogP contribution in [0.3, 0.4) is 0 Å². The third-order valence-electron chi connectivity index (χ3n) is 3.03. The van der Waals surface area contributed by atoms with Gasteiger partial charge in [0.25, 0.3) is 5.56 Å². The van der Waals surface area contributed by atoms with Crippen LogP contribution < -0.4 is 10.9 Å². The average molecular weight is 236 g/mol. The number of pyridine rings is 1. The number of nitrogens with one attached hydrogen (secondary N) is 1. The number of nitrogens with zero attached hydrogens (tertiary/aromatic N) is 1. The standard InChI is InChI=1S/C12H16N2O3/c1-7(2)8-5-10(15)14-4-3-13-12(14)9(8)6-11(16)17/h5,7,13H,3-4,6H2,1-2H3,(H,16,17). The number of aliphatic carboxylic acids is 1. The van der Waals surface area contributed by atoms with Crippen LogP contribution in [0.2, 0.25) is 0 Å². The molecular formula is C12H16N2O3. The number of anilines is 1. The number of fused-ring (bicyclic) bond motifs is 1. The average Bonchev–Trinajstić information content (AvgIpc) is 2.70. The van der Waals surface area contributed by atoms with Gasteiger partial charge in [0.05, 0.1) is 6.42 Å². The van der Waals surface area contributed by atoms with Gasteiger partial charge in [-0.15, -0.1) is 0 Å². The molecule has 1 aromatic heterocycles. The molecule has 0 unspecified atom stereocenters. The summed E-state index contributed by atoms with van der Waals surface area (Å²) in [5, 5.41) is 12.1. The van der Waals surface area contributed by atoms with Gasteiger partial charge in [0.1, 0.15) is 5.82 Å². The number of hydrogen-bond donors (Lipinski definition) is 2. The van der Waals surface area contributed by atoms with Crippen molar-refractivity contribution in [3.63, 3.8) is 0 Å². The molecule has 1 aliphatic heterocycles. The van der Waals surface area contributed by atoms with Crippen molar-refractivity contribution in [3.8, 4) is 0 Å². The monoisotopic (exact) mass is 236 g/mol. The van der Waals surface area contributed by atoms with Gasteiger partial charge in [-0.25, -0.2) is 0 Å². The lowest BCUT2D eigenvalue weighted by atomic mass is 9.96. The number of hydrogen-bond acceptors (Lipinski definition) is 3. The van der Waals surface area contributed by atoms with Crippen molar-refractivity contribution in [3.05, 3.63) is 27.5 Å². The summed E-state index contributed by atoms with van der Waals surface area (Å²) < 4.78 is 1.62. The molecule has 5 nitrogen and oxygen atoms in total. The van der Waals surface area contributed by atoms with Crippen LogP contribution in [0.4, 0.5) is 5.82 Å². The summed E-state index contributed by atoms with van der Waals surface area (Å²) in [6, 6.07) is 1.57. The Morgan fingerprint density at radius 1 is 1.59 bits per heavy atom. The molecule has 2 N–H and O–H groups in total. The first kappa shape index (κ1) is 11.7. The van der Waals surface area contributed by atoms with E-state index in [4.69, 9.17) is 5.11 Å². The van der Waals surface area contributed by atoms with E-state index in [1.54, 1.807) is 10.6 Å². The third-order valence-corrected chi connectivity index (χ3v) is 3.03. The SMILES string of the molecule is CC(C)c1cc(=O)n2c(c1CC(=O)O)NCC2. The largest absolute Gasteiger partial charge is 0.481 e. The zero-order valence-corrected chi connectivity index (χ0v) is 9.99. The summed E-state index contributed by atoms with van der Waals surface area (Å²) in [4.78, 5) is 22.8. The van der Waals surface area contributed by atoms with Crippen molar-refractivity contribution >= 4 is 11.8 Å². The first-order valence-electron chi connectivity index (χ1n) is 5.73. The normalized spacial score (nSPS) is 13.6. The number of carboxylic acid groups (broad SMARTS) is 1. The van der Waals surface area contributed by atoms with Gasteiger partial charge in [0.15, 0.2) is 0 Å². The molecule has 0 amide bonds. The van der Waals surface area contributed by atoms with Gasteiger partial charge in [0.2, 0.25) is 0 Å². The fraction of sp³-hybridized carbons (Fsp3) is 0.500. The highest BCUT2D eigenvalue weighted by Crippen LogP contribution is 2.27. The van der Waals surface area contributed by atoms with Gasteiger partial charge in [-0.1, -0.05) is 13.8 Å². The van der Waals surface area contributed by atoms with Gasteiger partial charge in [-0.05, 0) is 11.5 Å². The second kappa shape index (κ2) is 4.24. The number of rotatable bonds is 3. The van der Waals surface area contributed by atoms with E-state index in [0.29, 0.717) is 18.9 Å². The molecule has 0 spiro atoms. The lowest BCUT2D eigenvalue weighted by Gasteiger charge is -2.16. The van der Waals surface area contributed by atoms with E-state index >= 15 is 0 Å². The van der Waals surface area contributed by atoms with Crippen molar-refractivity contribution < 1.29 is 9.90 Å². The maximum Gasteiger partial charge on any atom is 0.307 e. The second-order valence-electron chi connectivity index (χ2n) is 4.57. The van der Waals surface area contributed by atoms with Crippen molar-refractivity contribution in [2.75, 3.05) is 11.9 Å². The minimum Gasteiger partial charge on any atom is -0.481 e. The Balaban J connectivity index is 2.64. The van der Waals surface area contributed by atoms with E-state index in [0.717, 1.165) is 11.1 Å². The molecule has 0 aromatic carbocycles. The molecule has 2 rings (SSSR count). The number of aromatic nitrogens is 1. The molecule has 2 heterocycles. The van der Waals surface area contributed by atoms with Crippen LogP contribution in [-0.2, 0) is 17.8 Å². The first-order valence-corrected chi connectivity index (χ1v) is 5.73. The Morgan fingerprint density at radius 2 is 2.29 bits per heavy atom. The minimum atomic E-state index is -0.873. The van der Waals surface area contributed by atoms with Crippen LogP contribution >= 0.6 is 0 Å². The highest BCUT2D eigenvalue weighted by molar-refractivity contribution is 5.74. The summed E-state index contributed by atoms with van der Waals surface area (Å²) in [5.74, 6) is -0.0454. The molecule has 1 aliphatic rings. The molecule has 0 bridgehead atoms. The molecule has 0 saturated carbocycles. The molecule has 17 heavy (non-hydrogen) atoms. The molecule has 0 fully saturated rings. The van der Waals surface area contributed by atoms with Gasteiger partial charge >= 0.3 is 5.97 Å². The number of carbonyl (C=O) groups is 1. The maximum atomic E-state index is 11.8. The minimum absolute atomic E-state index is 0.0455. The van der Waals surface area contributed by atoms with Crippen LogP contribution in [0.5, 0.6) is 0 Å². The maximum absolute atomic E-state index is 11.8. The van der Waals surface area contributed by atoms with E-state index in [9.17, 15) is 9.59 Å². The molecule has 1 aromatic rings. The lowest BCUT2D eigenvalue weighted by Crippen LogP contribution is -2.21. The van der Waals surface area contributed by atoms with E-state index in [1.165, 1.54) is 0 Å². The highest BCUT2D eigenvalue weighted by Gasteiger charge is 2.22. The Hall–Kier alpha value is -1.78. The Kier molecular flexibility index (Phi) is 2.92. The zero-order chi connectivity index (χ0) is 12.6. The third kappa shape index (κ3) is 2.05. The van der Waals surface area contributed by atoms with E-state index in [2.05, 4.69) is 5.32 Å². The van der Waals surface area contributed by atoms with Crippen molar-refractivity contribution in [2.24, 2.45) is 0 Å². The Bertz CT molecular complexity index is 517. The van der Waals surface area contributed by atoms with Crippen molar-refractivity contribution in [2.45, 2.75) is 32.7 Å². The predicted molar refractivity (Wildman–Crippen MR) is 64.6 cm³/mol. The van der Waals surface area contributed by atoms with Crippen LogP contribution in [0.1, 0.15) is 30.9 Å². The van der Waals surface area contributed by atoms with E-state index in [1.807, 2.05) is 13.8 Å². The van der Waals surface area contributed by atoms with Crippen LogP contribution in [-0.4, -0.2) is 22.2 Å². The molecule has 0 aliphatic carbocycles. The fourth-order valence-electron chi connectivity index (χ4n) is 2.27. The molecule has 0 radical (unpaired) electrons. The van der Waals surface area contributed by atoms with Gasteiger partial charge < -0.3 is 10.4 Å². The van der Waals surface area contributed by atoms with Crippen molar-refractivity contribution in [1.82, 2.24) is 4.57 Å². The summed E-state index contributed by atoms with van der Waals surface area (Å²) in [6.45, 7) is 5.22. The molecule has 92 valence electrons. The zero-order valence-electron chi connectivity index (χ0n) is 9.99. The summed E-state index contributed by atoms with van der Waals surface area (Å²) >= 11 is 0. The molecule has 0 atom stereocenters. The molecular weight excluding hydrogens is 220 g/mol. The molecule has 5 heteroatoms. The van der Waals surface area contributed by atoms with Gasteiger partial charge in [0, 0.05) is 24.7 Å². The van der Waals surface area contributed by atoms with Crippen molar-refractivity contribution in [1.29, 1.82) is 0 Å². The highest BCUT2D eigenvalue weighted by atomic mass is 16.4. The topological polar surface area (TPSA) is 71.3 Å². The predicted octanol–water partition coefficient (Wildman–Crippen LogP) is 1.02. The second-order valence-corrected chi connectivity index (χ2v) is 4.57. The summed E-state index contributed by atoms with van der Waals surface area (Å²) in [5.41, 5.74) is 1.52. The lowest BCUT2D eigenvalue weighted by molar-refractivity contribution is -0.136. The van der Waals surface area contributed by atoms with E-state index < -0.39 is 5.97 Å². The number of carboxylic acids is 1. The fourth-order valence-corrected chi connectivity index (χ4v) is 2.27. The smallest absolute Gasteiger partial charge is 0.307 e. The first-order chi connectivity index (χ1) is 8.00.